The molecule has 0 bridgehead atoms. The van der Waals surface area contributed by atoms with E-state index in [1.165, 1.54) is 0 Å². The second-order valence-electron chi connectivity index (χ2n) is 3.80. The summed E-state index contributed by atoms with van der Waals surface area (Å²) in [5, 5.41) is 0. The van der Waals surface area contributed by atoms with Crippen molar-refractivity contribution < 1.29 is 4.74 Å². The number of nitrogens with two attached hydrogens (primary N) is 1. The molecule has 4 heteroatoms. The Morgan fingerprint density at radius 1 is 1.57 bits per heavy atom. The summed E-state index contributed by atoms with van der Waals surface area (Å²) in [4.78, 5) is 4.21. The van der Waals surface area contributed by atoms with Crippen LogP contribution in [-0.4, -0.2) is 28.3 Å². The van der Waals surface area contributed by atoms with Crippen molar-refractivity contribution in [2.45, 2.75) is 32.4 Å². The average Bonchev–Trinajstić information content (AvgIpc) is 2.49. The molecule has 80 valence electrons. The quantitative estimate of drug-likeness (QED) is 0.756. The van der Waals surface area contributed by atoms with Crippen LogP contribution in [0.25, 0.3) is 0 Å². The number of aromatic nitrogens is 2. The number of hydrogen-bond donors (Lipinski definition) is 1. The van der Waals surface area contributed by atoms with Crippen LogP contribution in [0.1, 0.15) is 19.7 Å². The zero-order valence-corrected chi connectivity index (χ0v) is 9.10. The summed E-state index contributed by atoms with van der Waals surface area (Å²) in [5.41, 5.74) is 5.90. The number of imidazole rings is 1. The van der Waals surface area contributed by atoms with E-state index in [-0.39, 0.29) is 12.1 Å². The van der Waals surface area contributed by atoms with Crippen molar-refractivity contribution in [2.24, 2.45) is 12.8 Å². The van der Waals surface area contributed by atoms with Gasteiger partial charge in [0.1, 0.15) is 5.82 Å². The summed E-state index contributed by atoms with van der Waals surface area (Å²) < 4.78 is 7.41. The molecule has 1 rings (SSSR count). The Morgan fingerprint density at radius 3 is 2.79 bits per heavy atom. The maximum Gasteiger partial charge on any atom is 0.110 e. The highest BCUT2D eigenvalue weighted by Gasteiger charge is 2.08. The van der Waals surface area contributed by atoms with Crippen LogP contribution in [-0.2, 0) is 18.2 Å². The lowest BCUT2D eigenvalue weighted by molar-refractivity contribution is 0.0680. The van der Waals surface area contributed by atoms with E-state index in [1.807, 2.05) is 31.7 Å². The molecule has 0 saturated carbocycles. The fourth-order valence-electron chi connectivity index (χ4n) is 1.20. The van der Waals surface area contributed by atoms with E-state index < -0.39 is 0 Å². The zero-order valence-electron chi connectivity index (χ0n) is 9.10. The minimum Gasteiger partial charge on any atom is -0.377 e. The van der Waals surface area contributed by atoms with Gasteiger partial charge in [0.25, 0.3) is 0 Å². The number of nitrogens with zero attached hydrogens (tertiary/aromatic N) is 2. The molecule has 0 saturated heterocycles. The number of rotatable bonds is 5. The third kappa shape index (κ3) is 3.47. The van der Waals surface area contributed by atoms with E-state index in [4.69, 9.17) is 10.5 Å². The zero-order chi connectivity index (χ0) is 10.6. The number of ether oxygens (including phenoxy) is 1. The molecule has 0 aliphatic rings. The second kappa shape index (κ2) is 5.12. The molecule has 2 N–H and O–H groups in total. The maximum absolute atomic E-state index is 5.90. The van der Waals surface area contributed by atoms with Gasteiger partial charge in [-0.05, 0) is 13.8 Å². The van der Waals surface area contributed by atoms with E-state index >= 15 is 0 Å². The molecule has 1 unspecified atom stereocenters. The van der Waals surface area contributed by atoms with E-state index in [1.54, 1.807) is 6.20 Å². The lowest BCUT2D eigenvalue weighted by atomic mass is 10.2. The molecule has 1 heterocycles. The van der Waals surface area contributed by atoms with E-state index in [0.29, 0.717) is 6.61 Å². The highest BCUT2D eigenvalue weighted by atomic mass is 16.5. The Morgan fingerprint density at radius 2 is 2.29 bits per heavy atom. The fourth-order valence-corrected chi connectivity index (χ4v) is 1.20. The molecule has 0 aliphatic heterocycles. The van der Waals surface area contributed by atoms with Gasteiger partial charge >= 0.3 is 0 Å². The van der Waals surface area contributed by atoms with Crippen molar-refractivity contribution in [3.8, 4) is 0 Å². The molecule has 1 atom stereocenters. The molecular formula is C10H19N3O. The van der Waals surface area contributed by atoms with Crippen molar-refractivity contribution in [2.75, 3.05) is 6.61 Å². The van der Waals surface area contributed by atoms with Gasteiger partial charge in [-0.15, -0.1) is 0 Å². The summed E-state index contributed by atoms with van der Waals surface area (Å²) in [6, 6.07) is 0.0264. The summed E-state index contributed by atoms with van der Waals surface area (Å²) >= 11 is 0. The molecule has 0 fully saturated rings. The van der Waals surface area contributed by atoms with Crippen LogP contribution >= 0.6 is 0 Å². The SMILES string of the molecule is CC(C)OCC(N)Cc1nccn1C. The van der Waals surface area contributed by atoms with Crippen molar-refractivity contribution in [3.05, 3.63) is 18.2 Å². The lowest BCUT2D eigenvalue weighted by Crippen LogP contribution is -2.31. The summed E-state index contributed by atoms with van der Waals surface area (Å²) in [7, 11) is 1.97. The van der Waals surface area contributed by atoms with E-state index in [0.717, 1.165) is 12.2 Å². The van der Waals surface area contributed by atoms with Gasteiger partial charge < -0.3 is 15.0 Å². The Balaban J connectivity index is 2.34. The topological polar surface area (TPSA) is 53.1 Å². The van der Waals surface area contributed by atoms with Gasteiger partial charge in [0.15, 0.2) is 0 Å². The largest absolute Gasteiger partial charge is 0.377 e. The summed E-state index contributed by atoms with van der Waals surface area (Å²) in [6.45, 7) is 4.60. The normalized spacial score (nSPS) is 13.5. The van der Waals surface area contributed by atoms with Gasteiger partial charge in [0.2, 0.25) is 0 Å². The molecule has 0 amide bonds. The number of hydrogen-bond acceptors (Lipinski definition) is 3. The van der Waals surface area contributed by atoms with Crippen LogP contribution < -0.4 is 5.73 Å². The van der Waals surface area contributed by atoms with E-state index in [2.05, 4.69) is 4.98 Å². The smallest absolute Gasteiger partial charge is 0.110 e. The van der Waals surface area contributed by atoms with Gasteiger partial charge in [-0.25, -0.2) is 4.98 Å². The van der Waals surface area contributed by atoms with Crippen LogP contribution in [0.15, 0.2) is 12.4 Å². The molecule has 0 spiro atoms. The lowest BCUT2D eigenvalue weighted by Gasteiger charge is -2.13. The van der Waals surface area contributed by atoms with Crippen LogP contribution in [0.5, 0.6) is 0 Å². The monoisotopic (exact) mass is 197 g/mol. The Labute approximate surface area is 85.1 Å². The van der Waals surface area contributed by atoms with Gasteiger partial charge in [-0.2, -0.15) is 0 Å². The average molecular weight is 197 g/mol. The molecular weight excluding hydrogens is 178 g/mol. The summed E-state index contributed by atoms with van der Waals surface area (Å²) in [6.07, 6.45) is 4.70. The van der Waals surface area contributed by atoms with Crippen LogP contribution in [0.2, 0.25) is 0 Å². The van der Waals surface area contributed by atoms with Gasteiger partial charge in [0.05, 0.1) is 12.7 Å². The standard InChI is InChI=1S/C10H19N3O/c1-8(2)14-7-9(11)6-10-12-4-5-13(10)3/h4-5,8-9H,6-7,11H2,1-3H3. The predicted octanol–water partition coefficient (Wildman–Crippen LogP) is 0.715. The number of aryl methyl sites for hydroxylation is 1. The molecule has 0 aromatic carbocycles. The molecule has 0 aliphatic carbocycles. The molecule has 0 radical (unpaired) electrons. The van der Waals surface area contributed by atoms with Gasteiger partial charge in [-0.1, -0.05) is 0 Å². The Bertz CT molecular complexity index is 270. The van der Waals surface area contributed by atoms with Crippen molar-refractivity contribution >= 4 is 0 Å². The van der Waals surface area contributed by atoms with Crippen LogP contribution in [0.4, 0.5) is 0 Å². The van der Waals surface area contributed by atoms with Crippen LogP contribution in [0, 0.1) is 0 Å². The second-order valence-corrected chi connectivity index (χ2v) is 3.80. The first-order valence-corrected chi connectivity index (χ1v) is 4.93. The molecule has 1 aromatic heterocycles. The Kier molecular flexibility index (Phi) is 4.10. The maximum atomic E-state index is 5.90. The molecule has 1 aromatic rings. The van der Waals surface area contributed by atoms with Gasteiger partial charge in [-0.3, -0.25) is 0 Å². The molecule has 14 heavy (non-hydrogen) atoms. The third-order valence-corrected chi connectivity index (χ3v) is 2.01. The first kappa shape index (κ1) is 11.2. The first-order valence-electron chi connectivity index (χ1n) is 4.93. The van der Waals surface area contributed by atoms with E-state index in [9.17, 15) is 0 Å². The first-order chi connectivity index (χ1) is 6.59. The minimum absolute atomic E-state index is 0.0264. The Hall–Kier alpha value is -0.870. The minimum atomic E-state index is 0.0264. The fraction of sp³-hybridized carbons (Fsp3) is 0.700. The highest BCUT2D eigenvalue weighted by molar-refractivity contribution is 4.93. The highest BCUT2D eigenvalue weighted by Crippen LogP contribution is 1.99. The van der Waals surface area contributed by atoms with Crippen molar-refractivity contribution in [1.82, 2.24) is 9.55 Å². The van der Waals surface area contributed by atoms with Crippen LogP contribution in [0.3, 0.4) is 0 Å². The van der Waals surface area contributed by atoms with Gasteiger partial charge in [0, 0.05) is 31.9 Å². The summed E-state index contributed by atoms with van der Waals surface area (Å²) in [5.74, 6) is 1.00. The third-order valence-electron chi connectivity index (χ3n) is 2.01. The predicted molar refractivity (Wildman–Crippen MR) is 56.0 cm³/mol. The van der Waals surface area contributed by atoms with Crippen molar-refractivity contribution in [1.29, 1.82) is 0 Å². The van der Waals surface area contributed by atoms with Crippen molar-refractivity contribution in [3.63, 3.8) is 0 Å². The molecule has 4 nitrogen and oxygen atoms in total.